The van der Waals surface area contributed by atoms with E-state index < -0.39 is 5.91 Å². The number of para-hydroxylation sites is 1. The number of carbonyl (C=O) groups excluding carboxylic acids is 1. The van der Waals surface area contributed by atoms with E-state index in [-0.39, 0.29) is 5.76 Å². The van der Waals surface area contributed by atoms with E-state index in [4.69, 9.17) is 13.9 Å². The zero-order chi connectivity index (χ0) is 18.7. The van der Waals surface area contributed by atoms with Crippen LogP contribution in [-0.4, -0.2) is 26.3 Å². The highest BCUT2D eigenvalue weighted by Crippen LogP contribution is 2.31. The summed E-state index contributed by atoms with van der Waals surface area (Å²) in [5, 5.41) is 4.77. The average molecular weight is 482 g/mol. The highest BCUT2D eigenvalue weighted by Gasteiger charge is 2.14. The molecule has 0 saturated heterocycles. The van der Waals surface area contributed by atoms with Crippen molar-refractivity contribution in [3.05, 3.63) is 56.7 Å². The Kier molecular flexibility index (Phi) is 5.63. The molecule has 1 heterocycles. The lowest BCUT2D eigenvalue weighted by molar-refractivity contribution is 0.0929. The second-order valence-corrected chi connectivity index (χ2v) is 6.97. The predicted molar refractivity (Wildman–Crippen MR) is 106 cm³/mol. The topological polar surface area (TPSA) is 73.1 Å². The molecule has 0 saturated carbocycles. The van der Waals surface area contributed by atoms with Gasteiger partial charge in [-0.1, -0.05) is 22.0 Å². The third kappa shape index (κ3) is 3.76. The van der Waals surface area contributed by atoms with Crippen LogP contribution >= 0.6 is 31.9 Å². The monoisotopic (exact) mass is 480 g/mol. The van der Waals surface area contributed by atoms with Crippen LogP contribution in [0.2, 0.25) is 0 Å². The second-order valence-electron chi connectivity index (χ2n) is 5.20. The Morgan fingerprint density at radius 1 is 1.19 bits per heavy atom. The van der Waals surface area contributed by atoms with Crippen LogP contribution in [0.1, 0.15) is 16.1 Å². The molecule has 0 aliphatic heterocycles. The third-order valence-electron chi connectivity index (χ3n) is 3.56. The minimum absolute atomic E-state index is 0.161. The Hall–Kier alpha value is -2.32. The van der Waals surface area contributed by atoms with Crippen LogP contribution < -0.4 is 14.9 Å². The molecule has 3 aromatic rings. The number of carbonyl (C=O) groups is 1. The minimum Gasteiger partial charge on any atom is -0.493 e. The molecule has 1 N–H and O–H groups in total. The fraction of sp³-hybridized carbons (Fsp3) is 0.111. The molecular formula is C18H14Br2N2O4. The van der Waals surface area contributed by atoms with Crippen LogP contribution in [0.15, 0.2) is 54.9 Å². The molecule has 0 unspecified atom stereocenters. The van der Waals surface area contributed by atoms with E-state index in [9.17, 15) is 4.79 Å². The zero-order valence-corrected chi connectivity index (χ0v) is 17.0. The molecular weight excluding hydrogens is 468 g/mol. The van der Waals surface area contributed by atoms with Gasteiger partial charge in [-0.05, 0) is 46.3 Å². The normalized spacial score (nSPS) is 11.1. The SMILES string of the molecule is COc1cccc(/C=N\NC(=O)c2cc3cc(Br)cc(Br)c3o2)c1OC. The van der Waals surface area contributed by atoms with E-state index in [1.807, 2.05) is 12.1 Å². The van der Waals surface area contributed by atoms with E-state index in [0.717, 1.165) is 14.3 Å². The van der Waals surface area contributed by atoms with Crippen molar-refractivity contribution in [2.75, 3.05) is 14.2 Å². The van der Waals surface area contributed by atoms with Gasteiger partial charge in [-0.3, -0.25) is 4.79 Å². The lowest BCUT2D eigenvalue weighted by Crippen LogP contribution is -2.16. The highest BCUT2D eigenvalue weighted by atomic mass is 79.9. The standard InChI is InChI=1S/C18H14Br2N2O4/c1-24-14-5-3-4-10(17(14)25-2)9-21-22-18(23)15-7-11-6-12(19)8-13(20)16(11)26-15/h3-9H,1-2H3,(H,22,23)/b21-9-. The number of hydrazone groups is 1. The van der Waals surface area contributed by atoms with Crippen molar-refractivity contribution in [1.29, 1.82) is 0 Å². The van der Waals surface area contributed by atoms with Crippen molar-refractivity contribution in [2.45, 2.75) is 0 Å². The van der Waals surface area contributed by atoms with Gasteiger partial charge >= 0.3 is 5.91 Å². The highest BCUT2D eigenvalue weighted by molar-refractivity contribution is 9.11. The summed E-state index contributed by atoms with van der Waals surface area (Å²) in [6, 6.07) is 10.7. The van der Waals surface area contributed by atoms with Crippen molar-refractivity contribution in [3.8, 4) is 11.5 Å². The van der Waals surface area contributed by atoms with Gasteiger partial charge in [-0.2, -0.15) is 5.10 Å². The van der Waals surface area contributed by atoms with Gasteiger partial charge in [0.1, 0.15) is 5.58 Å². The number of amides is 1. The first-order chi connectivity index (χ1) is 12.5. The summed E-state index contributed by atoms with van der Waals surface area (Å²) in [5.41, 5.74) is 3.71. The quantitative estimate of drug-likeness (QED) is 0.422. The molecule has 2 aromatic carbocycles. The molecule has 1 amide bonds. The van der Waals surface area contributed by atoms with Gasteiger partial charge in [-0.15, -0.1) is 0 Å². The molecule has 8 heteroatoms. The number of ether oxygens (including phenoxy) is 2. The first-order valence-electron chi connectivity index (χ1n) is 7.46. The summed E-state index contributed by atoms with van der Waals surface area (Å²) < 4.78 is 17.8. The van der Waals surface area contributed by atoms with Gasteiger partial charge in [0.25, 0.3) is 0 Å². The Bertz CT molecular complexity index is 998. The van der Waals surface area contributed by atoms with Crippen LogP contribution in [0.3, 0.4) is 0 Å². The largest absolute Gasteiger partial charge is 0.493 e. The van der Waals surface area contributed by atoms with Crippen LogP contribution in [0.25, 0.3) is 11.0 Å². The first-order valence-corrected chi connectivity index (χ1v) is 9.05. The number of halogens is 2. The second kappa shape index (κ2) is 7.92. The molecule has 0 aliphatic carbocycles. The molecule has 3 rings (SSSR count). The smallest absolute Gasteiger partial charge is 0.307 e. The summed E-state index contributed by atoms with van der Waals surface area (Å²) in [6.45, 7) is 0. The number of rotatable bonds is 5. The summed E-state index contributed by atoms with van der Waals surface area (Å²) in [4.78, 5) is 12.3. The van der Waals surface area contributed by atoms with Gasteiger partial charge in [0.05, 0.1) is 24.9 Å². The van der Waals surface area contributed by atoms with E-state index in [1.165, 1.54) is 13.3 Å². The van der Waals surface area contributed by atoms with Crippen molar-refractivity contribution in [3.63, 3.8) is 0 Å². The number of nitrogens with zero attached hydrogens (tertiary/aromatic N) is 1. The Morgan fingerprint density at radius 2 is 2.00 bits per heavy atom. The Balaban J connectivity index is 1.79. The predicted octanol–water partition coefficient (Wildman–Crippen LogP) is 4.74. The van der Waals surface area contributed by atoms with Crippen molar-refractivity contribution in [2.24, 2.45) is 5.10 Å². The number of hydrogen-bond acceptors (Lipinski definition) is 5. The van der Waals surface area contributed by atoms with Crippen LogP contribution in [0.5, 0.6) is 11.5 Å². The fourth-order valence-electron chi connectivity index (χ4n) is 2.42. The molecule has 26 heavy (non-hydrogen) atoms. The average Bonchev–Trinajstić information content (AvgIpc) is 3.05. The van der Waals surface area contributed by atoms with Gasteiger partial charge in [-0.25, -0.2) is 5.43 Å². The van der Waals surface area contributed by atoms with Crippen molar-refractivity contribution in [1.82, 2.24) is 5.43 Å². The number of fused-ring (bicyclic) bond motifs is 1. The van der Waals surface area contributed by atoms with E-state index in [0.29, 0.717) is 22.6 Å². The molecule has 0 atom stereocenters. The molecule has 1 aromatic heterocycles. The minimum atomic E-state index is -0.456. The van der Waals surface area contributed by atoms with Gasteiger partial charge in [0.15, 0.2) is 17.3 Å². The maximum Gasteiger partial charge on any atom is 0.307 e. The van der Waals surface area contributed by atoms with Crippen molar-refractivity contribution >= 4 is 55.0 Å². The van der Waals surface area contributed by atoms with Gasteiger partial charge in [0, 0.05) is 15.4 Å². The molecule has 0 spiro atoms. The number of nitrogens with one attached hydrogen (secondary N) is 1. The summed E-state index contributed by atoms with van der Waals surface area (Å²) >= 11 is 6.82. The van der Waals surface area contributed by atoms with Crippen LogP contribution in [-0.2, 0) is 0 Å². The Morgan fingerprint density at radius 3 is 2.73 bits per heavy atom. The molecule has 0 radical (unpaired) electrons. The molecule has 0 fully saturated rings. The lowest BCUT2D eigenvalue weighted by Gasteiger charge is -2.09. The molecule has 134 valence electrons. The van der Waals surface area contributed by atoms with Gasteiger partial charge < -0.3 is 13.9 Å². The summed E-state index contributed by atoms with van der Waals surface area (Å²) in [5.74, 6) is 0.817. The number of hydrogen-bond donors (Lipinski definition) is 1. The molecule has 0 aliphatic rings. The fourth-order valence-corrected chi connectivity index (χ4v) is 3.76. The van der Waals surface area contributed by atoms with Crippen LogP contribution in [0.4, 0.5) is 0 Å². The van der Waals surface area contributed by atoms with E-state index >= 15 is 0 Å². The summed E-state index contributed by atoms with van der Waals surface area (Å²) in [6.07, 6.45) is 1.48. The maximum atomic E-state index is 12.3. The van der Waals surface area contributed by atoms with Crippen LogP contribution in [0, 0.1) is 0 Å². The maximum absolute atomic E-state index is 12.3. The Labute approximate surface area is 166 Å². The first kappa shape index (κ1) is 18.5. The van der Waals surface area contributed by atoms with Crippen molar-refractivity contribution < 1.29 is 18.7 Å². The zero-order valence-electron chi connectivity index (χ0n) is 13.9. The third-order valence-corrected chi connectivity index (χ3v) is 4.61. The number of benzene rings is 2. The lowest BCUT2D eigenvalue weighted by atomic mass is 10.2. The van der Waals surface area contributed by atoms with E-state index in [1.54, 1.807) is 31.4 Å². The van der Waals surface area contributed by atoms with E-state index in [2.05, 4.69) is 42.4 Å². The number of furan rings is 1. The molecule has 0 bridgehead atoms. The van der Waals surface area contributed by atoms with Gasteiger partial charge in [0.2, 0.25) is 0 Å². The molecule has 6 nitrogen and oxygen atoms in total. The summed E-state index contributed by atoms with van der Waals surface area (Å²) in [7, 11) is 3.09. The number of methoxy groups -OCH3 is 2.